The molecule has 0 amide bonds. The van der Waals surface area contributed by atoms with Crippen molar-refractivity contribution in [1.82, 2.24) is 0 Å². The molecule has 0 saturated carbocycles. The summed E-state index contributed by atoms with van der Waals surface area (Å²) < 4.78 is 19.6. The van der Waals surface area contributed by atoms with Crippen molar-refractivity contribution in [1.29, 1.82) is 0 Å². The number of allylic oxidation sites excluding steroid dienone is 4. The predicted octanol–water partition coefficient (Wildman–Crippen LogP) is 3.83. The predicted molar refractivity (Wildman–Crippen MR) is 96.9 cm³/mol. The van der Waals surface area contributed by atoms with E-state index >= 15 is 0 Å². The van der Waals surface area contributed by atoms with Crippen molar-refractivity contribution in [2.45, 2.75) is 85.5 Å². The van der Waals surface area contributed by atoms with Crippen molar-refractivity contribution in [2.75, 3.05) is 0 Å². The topological polar surface area (TPSA) is 60.7 Å². The molecule has 7 heteroatoms. The molecular formula is C17H36F2GeO3Zr-. The van der Waals surface area contributed by atoms with E-state index in [-0.39, 0.29) is 26.2 Å². The second-order valence-electron chi connectivity index (χ2n) is 7.60. The molecule has 0 aromatic heterocycles. The van der Waals surface area contributed by atoms with Crippen LogP contribution in [-0.4, -0.2) is 48.5 Å². The van der Waals surface area contributed by atoms with Crippen LogP contribution in [0.3, 0.4) is 0 Å². The molecule has 0 unspecified atom stereocenters. The normalized spacial score (nSPS) is 11.9. The van der Waals surface area contributed by atoms with Gasteiger partial charge in [-0.1, -0.05) is 0 Å². The van der Waals surface area contributed by atoms with Crippen molar-refractivity contribution in [2.24, 2.45) is 0 Å². The molecule has 0 saturated heterocycles. The number of halogens is 2. The average Bonchev–Trinajstić information content (AvgIpc) is 2.64. The van der Waals surface area contributed by atoms with Crippen LogP contribution in [0.1, 0.15) is 68.7 Å². The molecule has 0 fully saturated rings. The van der Waals surface area contributed by atoms with Gasteiger partial charge in [0, 0.05) is 26.2 Å². The molecule has 1 rings (SSSR count). The van der Waals surface area contributed by atoms with Crippen LogP contribution in [0.25, 0.3) is 0 Å². The van der Waals surface area contributed by atoms with Crippen molar-refractivity contribution < 1.29 is 48.5 Å². The fourth-order valence-corrected chi connectivity index (χ4v) is 0.340. The molecule has 0 atom stereocenters. The summed E-state index contributed by atoms with van der Waals surface area (Å²) in [7, 11) is 0. The quantitative estimate of drug-likeness (QED) is 0.358. The second-order valence-corrected chi connectivity index (χ2v) is 7.94. The maximum Gasteiger partial charge on any atom is 0 e. The Morgan fingerprint density at radius 1 is 0.792 bits per heavy atom. The zero-order valence-corrected chi connectivity index (χ0v) is 21.5. The maximum atomic E-state index is 9.78. The van der Waals surface area contributed by atoms with Crippen LogP contribution in [0, 0.1) is 6.08 Å². The molecule has 1 aliphatic carbocycles. The van der Waals surface area contributed by atoms with Crippen LogP contribution < -0.4 is 0 Å². The van der Waals surface area contributed by atoms with Gasteiger partial charge in [-0.2, -0.15) is 6.08 Å². The first-order chi connectivity index (χ1) is 9.91. The monoisotopic (exact) mass is 490 g/mol. The first kappa shape index (κ1) is 35.7. The van der Waals surface area contributed by atoms with Gasteiger partial charge in [0.1, 0.15) is 0 Å². The molecular weight excluding hydrogens is 454 g/mol. The molecule has 0 aromatic carbocycles. The zero-order chi connectivity index (χ0) is 19.7. The maximum absolute atomic E-state index is 9.78. The van der Waals surface area contributed by atoms with Gasteiger partial charge >= 0.3 is 23.4 Å². The van der Waals surface area contributed by atoms with Gasteiger partial charge in [0.2, 0.25) is 0 Å². The Labute approximate surface area is 174 Å². The number of hydrogen-bond acceptors (Lipinski definition) is 3. The van der Waals surface area contributed by atoms with Crippen LogP contribution in [0.4, 0.5) is 7.00 Å². The van der Waals surface area contributed by atoms with Crippen LogP contribution in [0.2, 0.25) is 0 Å². The summed E-state index contributed by atoms with van der Waals surface area (Å²) in [6, 6.07) is 0. The zero-order valence-electron chi connectivity index (χ0n) is 16.6. The average molecular weight is 490 g/mol. The van der Waals surface area contributed by atoms with E-state index < -0.39 is 33.2 Å². The SMILES string of the molecule is CC(C)(C)O.CC(C)(C)O.CC(C)(C)O.[C-]1=CC=CC1.[F][GeH][F].[Zr]. The Hall–Kier alpha value is 0.646. The minimum Gasteiger partial charge on any atom is 0 e. The molecule has 24 heavy (non-hydrogen) atoms. The summed E-state index contributed by atoms with van der Waals surface area (Å²) >= 11 is -2.69. The molecule has 0 bridgehead atoms. The Kier molecular flexibility index (Phi) is 29.7. The Balaban J connectivity index is -0.0000000627. The van der Waals surface area contributed by atoms with Crippen LogP contribution in [0.15, 0.2) is 18.2 Å². The third-order valence-corrected chi connectivity index (χ3v) is 0.586. The minimum absolute atomic E-state index is 0. The Morgan fingerprint density at radius 2 is 1.00 bits per heavy atom. The molecule has 1 aliphatic rings. The smallest absolute Gasteiger partial charge is 0 e. The van der Waals surface area contributed by atoms with Crippen molar-refractivity contribution in [3.8, 4) is 0 Å². The first-order valence-corrected chi connectivity index (χ1v) is 9.16. The molecule has 3 N–H and O–H groups in total. The van der Waals surface area contributed by atoms with E-state index in [1.54, 1.807) is 62.3 Å². The van der Waals surface area contributed by atoms with E-state index in [2.05, 4.69) is 12.2 Å². The van der Waals surface area contributed by atoms with Gasteiger partial charge in [0.25, 0.3) is 0 Å². The summed E-state index contributed by atoms with van der Waals surface area (Å²) in [5.74, 6) is 0. The van der Waals surface area contributed by atoms with E-state index in [1.807, 2.05) is 12.2 Å². The van der Waals surface area contributed by atoms with Gasteiger partial charge in [0.05, 0.1) is 16.8 Å². The first-order valence-electron chi connectivity index (χ1n) is 7.32. The minimum atomic E-state index is -2.69. The summed E-state index contributed by atoms with van der Waals surface area (Å²) in [5, 5.41) is 25.6. The van der Waals surface area contributed by atoms with Crippen LogP contribution in [-0.2, 0) is 26.2 Å². The molecule has 0 spiro atoms. The Morgan fingerprint density at radius 3 is 1.04 bits per heavy atom. The molecule has 1 radical (unpaired) electrons. The van der Waals surface area contributed by atoms with Crippen LogP contribution >= 0.6 is 0 Å². The van der Waals surface area contributed by atoms with Crippen molar-refractivity contribution >= 4 is 16.4 Å². The summed E-state index contributed by atoms with van der Waals surface area (Å²) in [4.78, 5) is 0. The summed E-state index contributed by atoms with van der Waals surface area (Å²) in [5.41, 5.74) is -1.50. The summed E-state index contributed by atoms with van der Waals surface area (Å²) in [6.45, 7) is 15.7. The van der Waals surface area contributed by atoms with E-state index in [1.165, 1.54) is 0 Å². The Bertz CT molecular complexity index is 235. The van der Waals surface area contributed by atoms with Gasteiger partial charge in [-0.05, 0) is 62.3 Å². The molecule has 0 aliphatic heterocycles. The summed E-state index contributed by atoms with van der Waals surface area (Å²) in [6.07, 6.45) is 10.0. The standard InChI is InChI=1S/C5H5.3C4H10O.F2GeH.Zr/c1-2-4-5-3-1;3*1-4(2,3)5;1-3-2;/h1-3H,4H2;3*5H,1-3H3;3H;/q-1;;;;;. The van der Waals surface area contributed by atoms with Gasteiger partial charge in [-0.25, -0.2) is 12.2 Å². The third kappa shape index (κ3) is 333. The molecule has 3 nitrogen and oxygen atoms in total. The van der Waals surface area contributed by atoms with Gasteiger partial charge in [0.15, 0.2) is 0 Å². The van der Waals surface area contributed by atoms with E-state index in [9.17, 15) is 7.00 Å². The van der Waals surface area contributed by atoms with Gasteiger partial charge < -0.3 is 15.3 Å². The van der Waals surface area contributed by atoms with Gasteiger partial charge in [-0.3, -0.25) is 6.08 Å². The fraction of sp³-hybridized carbons (Fsp3) is 0.765. The largest absolute Gasteiger partial charge is 0 e. The van der Waals surface area contributed by atoms with Gasteiger partial charge in [-0.15, -0.1) is 6.42 Å². The van der Waals surface area contributed by atoms with E-state index in [4.69, 9.17) is 15.3 Å². The van der Waals surface area contributed by atoms with E-state index in [0.29, 0.717) is 0 Å². The van der Waals surface area contributed by atoms with Crippen molar-refractivity contribution in [3.63, 3.8) is 0 Å². The third-order valence-electron chi connectivity index (χ3n) is 0.586. The number of rotatable bonds is 0. The van der Waals surface area contributed by atoms with Crippen molar-refractivity contribution in [3.05, 3.63) is 24.3 Å². The number of aliphatic hydroxyl groups is 3. The molecule has 145 valence electrons. The van der Waals surface area contributed by atoms with E-state index in [0.717, 1.165) is 6.42 Å². The second kappa shape index (κ2) is 20.0. The molecule has 0 heterocycles. The number of hydrogen-bond donors (Lipinski definition) is 3. The fourth-order valence-electron chi connectivity index (χ4n) is 0.340. The molecule has 0 aromatic rings. The van der Waals surface area contributed by atoms with Crippen LogP contribution in [0.5, 0.6) is 0 Å².